The Morgan fingerprint density at radius 1 is 1.62 bits per heavy atom. The largest absolute Gasteiger partial charge is 0.330 e. The highest BCUT2D eigenvalue weighted by molar-refractivity contribution is 7.90. The van der Waals surface area contributed by atoms with Crippen molar-refractivity contribution in [2.45, 2.75) is 13.3 Å². The zero-order valence-electron chi connectivity index (χ0n) is 9.30. The van der Waals surface area contributed by atoms with Crippen molar-refractivity contribution in [3.8, 4) is 0 Å². The molecule has 8 heteroatoms. The molecule has 0 unspecified atom stereocenters. The Morgan fingerprint density at radius 2 is 2.31 bits per heavy atom. The molecule has 0 atom stereocenters. The fourth-order valence-corrected chi connectivity index (χ4v) is 2.85. The van der Waals surface area contributed by atoms with Crippen LogP contribution in [0.4, 0.5) is 5.13 Å². The maximum Gasteiger partial charge on any atom is 0.303 e. The molecule has 1 aromatic heterocycles. The number of nitrogens with two attached hydrogens (primary N) is 1. The molecule has 3 N–H and O–H groups in total. The Morgan fingerprint density at radius 3 is 2.81 bits per heavy atom. The fraction of sp³-hybridized carbons (Fsp3) is 0.625. The summed E-state index contributed by atoms with van der Waals surface area (Å²) >= 11 is 1.26. The number of aryl methyl sites for hydroxylation is 1. The Bertz CT molecular complexity index is 429. The van der Waals surface area contributed by atoms with Gasteiger partial charge in [0.05, 0.1) is 5.69 Å². The summed E-state index contributed by atoms with van der Waals surface area (Å²) < 4.78 is 27.2. The Labute approximate surface area is 99.7 Å². The first-order valence-corrected chi connectivity index (χ1v) is 7.14. The lowest BCUT2D eigenvalue weighted by atomic mass is 10.4. The maximum atomic E-state index is 11.8. The van der Waals surface area contributed by atoms with E-state index >= 15 is 0 Å². The molecule has 92 valence electrons. The van der Waals surface area contributed by atoms with Gasteiger partial charge in [-0.15, -0.1) is 11.3 Å². The molecule has 0 saturated heterocycles. The second-order valence-corrected chi connectivity index (χ2v) is 6.00. The zero-order valence-corrected chi connectivity index (χ0v) is 10.9. The Kier molecular flexibility index (Phi) is 4.66. The van der Waals surface area contributed by atoms with Gasteiger partial charge in [-0.3, -0.25) is 0 Å². The van der Waals surface area contributed by atoms with E-state index in [-0.39, 0.29) is 0 Å². The lowest BCUT2D eigenvalue weighted by molar-refractivity contribution is 0.468. The molecular formula is C8H16N4O2S2. The molecule has 1 rings (SSSR count). The number of rotatable bonds is 6. The van der Waals surface area contributed by atoms with Crippen molar-refractivity contribution >= 4 is 26.7 Å². The van der Waals surface area contributed by atoms with E-state index in [1.165, 1.54) is 22.7 Å². The first-order valence-electron chi connectivity index (χ1n) is 4.82. The third kappa shape index (κ3) is 3.71. The average molecular weight is 264 g/mol. The summed E-state index contributed by atoms with van der Waals surface area (Å²) in [4.78, 5) is 4.04. The topological polar surface area (TPSA) is 88.3 Å². The van der Waals surface area contributed by atoms with Gasteiger partial charge in [0.1, 0.15) is 0 Å². The van der Waals surface area contributed by atoms with E-state index in [9.17, 15) is 8.42 Å². The summed E-state index contributed by atoms with van der Waals surface area (Å²) in [5.74, 6) is 0. The van der Waals surface area contributed by atoms with Crippen LogP contribution >= 0.6 is 11.3 Å². The second-order valence-electron chi connectivity index (χ2n) is 3.36. The van der Waals surface area contributed by atoms with Crippen LogP contribution in [0.1, 0.15) is 12.1 Å². The van der Waals surface area contributed by atoms with Gasteiger partial charge < -0.3 is 5.73 Å². The molecule has 0 aliphatic rings. The number of hydrogen-bond donors (Lipinski definition) is 2. The zero-order chi connectivity index (χ0) is 12.2. The van der Waals surface area contributed by atoms with E-state index < -0.39 is 10.2 Å². The lowest BCUT2D eigenvalue weighted by Gasteiger charge is -2.16. The van der Waals surface area contributed by atoms with Crippen LogP contribution in [0.2, 0.25) is 0 Å². The summed E-state index contributed by atoms with van der Waals surface area (Å²) in [6.45, 7) is 2.68. The van der Waals surface area contributed by atoms with Crippen molar-refractivity contribution in [3.05, 3.63) is 11.1 Å². The van der Waals surface area contributed by atoms with E-state index in [1.54, 1.807) is 5.38 Å². The standard InChI is InChI=1S/C8H16N4O2S2/c1-7-6-15-8(10-7)11-16(13,14)12(2)5-3-4-9/h6H,3-5,9H2,1-2H3,(H,10,11). The number of aromatic nitrogens is 1. The van der Waals surface area contributed by atoms with Gasteiger partial charge in [0, 0.05) is 19.0 Å². The van der Waals surface area contributed by atoms with Crippen LogP contribution in [0.5, 0.6) is 0 Å². The summed E-state index contributed by atoms with van der Waals surface area (Å²) in [6, 6.07) is 0. The molecule has 0 aromatic carbocycles. The molecule has 16 heavy (non-hydrogen) atoms. The molecule has 6 nitrogen and oxygen atoms in total. The third-order valence-corrected chi connectivity index (χ3v) is 4.38. The van der Waals surface area contributed by atoms with Crippen LogP contribution in [0.25, 0.3) is 0 Å². The van der Waals surface area contributed by atoms with Crippen molar-refractivity contribution < 1.29 is 8.42 Å². The average Bonchev–Trinajstić information content (AvgIpc) is 2.59. The number of anilines is 1. The van der Waals surface area contributed by atoms with Crippen LogP contribution in [0.15, 0.2) is 5.38 Å². The minimum atomic E-state index is -3.50. The van der Waals surface area contributed by atoms with Gasteiger partial charge in [0.25, 0.3) is 0 Å². The molecule has 0 saturated carbocycles. The molecule has 0 amide bonds. The van der Waals surface area contributed by atoms with E-state index in [2.05, 4.69) is 9.71 Å². The molecule has 1 heterocycles. The van der Waals surface area contributed by atoms with Crippen molar-refractivity contribution in [2.24, 2.45) is 5.73 Å². The van der Waals surface area contributed by atoms with Crippen molar-refractivity contribution in [1.82, 2.24) is 9.29 Å². The molecule has 0 aliphatic carbocycles. The van der Waals surface area contributed by atoms with Crippen molar-refractivity contribution in [1.29, 1.82) is 0 Å². The quantitative estimate of drug-likeness (QED) is 0.778. The molecule has 0 aliphatic heterocycles. The Hall–Kier alpha value is -0.700. The van der Waals surface area contributed by atoms with Crippen molar-refractivity contribution in [3.63, 3.8) is 0 Å². The summed E-state index contributed by atoms with van der Waals surface area (Å²) in [7, 11) is -1.98. The number of thiazole rings is 1. The number of hydrogen-bond acceptors (Lipinski definition) is 5. The SMILES string of the molecule is Cc1csc(NS(=O)(=O)N(C)CCCN)n1. The highest BCUT2D eigenvalue weighted by atomic mass is 32.2. The van der Waals surface area contributed by atoms with E-state index in [0.29, 0.717) is 24.6 Å². The normalized spacial score (nSPS) is 12.0. The molecule has 1 aromatic rings. The third-order valence-electron chi connectivity index (χ3n) is 1.92. The van der Waals surface area contributed by atoms with E-state index in [4.69, 9.17) is 5.73 Å². The number of nitrogens with zero attached hydrogens (tertiary/aromatic N) is 2. The van der Waals surface area contributed by atoms with Crippen LogP contribution in [-0.2, 0) is 10.2 Å². The van der Waals surface area contributed by atoms with Gasteiger partial charge in [0.2, 0.25) is 0 Å². The van der Waals surface area contributed by atoms with Gasteiger partial charge >= 0.3 is 10.2 Å². The van der Waals surface area contributed by atoms with Gasteiger partial charge in [0.15, 0.2) is 5.13 Å². The second kappa shape index (κ2) is 5.58. The molecule has 0 fully saturated rings. The van der Waals surface area contributed by atoms with E-state index in [1.807, 2.05) is 6.92 Å². The lowest BCUT2D eigenvalue weighted by Crippen LogP contribution is -2.34. The van der Waals surface area contributed by atoms with E-state index in [0.717, 1.165) is 5.69 Å². The van der Waals surface area contributed by atoms with Gasteiger partial charge in [-0.2, -0.15) is 12.7 Å². The first kappa shape index (κ1) is 13.4. The van der Waals surface area contributed by atoms with Crippen LogP contribution in [-0.4, -0.2) is 37.8 Å². The summed E-state index contributed by atoms with van der Waals surface area (Å²) in [5.41, 5.74) is 6.12. The molecule has 0 radical (unpaired) electrons. The molecule has 0 bridgehead atoms. The minimum Gasteiger partial charge on any atom is -0.330 e. The predicted molar refractivity (Wildman–Crippen MR) is 65.7 cm³/mol. The molecular weight excluding hydrogens is 248 g/mol. The fourth-order valence-electron chi connectivity index (χ4n) is 1.02. The van der Waals surface area contributed by atoms with Crippen LogP contribution in [0.3, 0.4) is 0 Å². The minimum absolute atomic E-state index is 0.386. The number of nitrogens with one attached hydrogen (secondary N) is 1. The van der Waals surface area contributed by atoms with Gasteiger partial charge in [-0.25, -0.2) is 9.71 Å². The monoisotopic (exact) mass is 264 g/mol. The summed E-state index contributed by atoms with van der Waals surface area (Å²) in [5, 5.41) is 2.18. The highest BCUT2D eigenvalue weighted by Gasteiger charge is 2.18. The Balaban J connectivity index is 2.64. The summed E-state index contributed by atoms with van der Waals surface area (Å²) in [6.07, 6.45) is 0.633. The smallest absolute Gasteiger partial charge is 0.303 e. The molecule has 0 spiro atoms. The van der Waals surface area contributed by atoms with Gasteiger partial charge in [-0.05, 0) is 19.9 Å². The van der Waals surface area contributed by atoms with Gasteiger partial charge in [-0.1, -0.05) is 0 Å². The maximum absolute atomic E-state index is 11.8. The highest BCUT2D eigenvalue weighted by Crippen LogP contribution is 2.16. The first-order chi connectivity index (χ1) is 7.45. The predicted octanol–water partition coefficient (Wildman–Crippen LogP) is 0.389. The van der Waals surface area contributed by atoms with Crippen LogP contribution in [0, 0.1) is 6.92 Å². The van der Waals surface area contributed by atoms with Crippen LogP contribution < -0.4 is 10.5 Å². The van der Waals surface area contributed by atoms with Crippen molar-refractivity contribution in [2.75, 3.05) is 24.9 Å².